The number of nitrogens with zero attached hydrogens (tertiary/aromatic N) is 3. The van der Waals surface area contributed by atoms with Crippen LogP contribution in [0.15, 0.2) is 18.3 Å². The number of nitrogens with one attached hydrogen (secondary N) is 1. The highest BCUT2D eigenvalue weighted by atomic mass is 16.5. The second-order valence-electron chi connectivity index (χ2n) is 6.48. The van der Waals surface area contributed by atoms with Gasteiger partial charge in [-0.3, -0.25) is 4.57 Å². The van der Waals surface area contributed by atoms with Gasteiger partial charge in [0.25, 0.3) is 0 Å². The van der Waals surface area contributed by atoms with Crippen molar-refractivity contribution in [3.63, 3.8) is 0 Å². The fraction of sp³-hybridized carbons (Fsp3) is 0.647. The van der Waals surface area contributed by atoms with Crippen LogP contribution >= 0.6 is 0 Å². The lowest BCUT2D eigenvalue weighted by atomic mass is 9.96. The van der Waals surface area contributed by atoms with E-state index in [-0.39, 0.29) is 6.23 Å². The van der Waals surface area contributed by atoms with E-state index in [4.69, 9.17) is 9.72 Å². The van der Waals surface area contributed by atoms with E-state index in [1.165, 1.54) is 25.7 Å². The molecule has 2 aromatic heterocycles. The lowest BCUT2D eigenvalue weighted by molar-refractivity contribution is -0.0316. The summed E-state index contributed by atoms with van der Waals surface area (Å²) >= 11 is 0. The van der Waals surface area contributed by atoms with Gasteiger partial charge in [0.05, 0.1) is 0 Å². The molecule has 4 heterocycles. The predicted octanol–water partition coefficient (Wildman–Crippen LogP) is 2.67. The number of hydrogen-bond donors (Lipinski definition) is 1. The molecule has 118 valence electrons. The minimum Gasteiger partial charge on any atom is -0.358 e. The average Bonchev–Trinajstić information content (AvgIpc) is 2.94. The van der Waals surface area contributed by atoms with Crippen molar-refractivity contribution in [3.8, 4) is 0 Å². The van der Waals surface area contributed by atoms with E-state index >= 15 is 0 Å². The highest BCUT2D eigenvalue weighted by molar-refractivity contribution is 5.71. The molecule has 0 aliphatic carbocycles. The Kier molecular flexibility index (Phi) is 4.08. The fourth-order valence-electron chi connectivity index (χ4n) is 3.71. The number of hydrogen-bond acceptors (Lipinski definition) is 4. The second-order valence-corrected chi connectivity index (χ2v) is 6.48. The summed E-state index contributed by atoms with van der Waals surface area (Å²) in [5.74, 6) is 1.82. The van der Waals surface area contributed by atoms with E-state index in [9.17, 15) is 0 Å². The maximum Gasteiger partial charge on any atom is 0.162 e. The molecule has 0 spiro atoms. The molecule has 2 unspecified atom stereocenters. The van der Waals surface area contributed by atoms with Gasteiger partial charge in [0.15, 0.2) is 5.65 Å². The first-order valence-corrected chi connectivity index (χ1v) is 8.56. The number of piperidine rings is 1. The lowest BCUT2D eigenvalue weighted by Crippen LogP contribution is -2.32. The normalized spacial score (nSPS) is 26.4. The summed E-state index contributed by atoms with van der Waals surface area (Å²) in [6.07, 6.45) is 8.99. The van der Waals surface area contributed by atoms with Gasteiger partial charge in [0, 0.05) is 19.2 Å². The van der Waals surface area contributed by atoms with Crippen molar-refractivity contribution in [3.05, 3.63) is 24.2 Å². The Hall–Kier alpha value is -1.46. The van der Waals surface area contributed by atoms with E-state index in [0.717, 1.165) is 49.5 Å². The van der Waals surface area contributed by atoms with Crippen molar-refractivity contribution in [2.45, 2.75) is 44.8 Å². The number of pyridine rings is 1. The van der Waals surface area contributed by atoms with Crippen LogP contribution in [0.2, 0.25) is 0 Å². The molecule has 4 rings (SSSR count). The molecule has 5 nitrogen and oxygen atoms in total. The van der Waals surface area contributed by atoms with Gasteiger partial charge in [-0.15, -0.1) is 0 Å². The van der Waals surface area contributed by atoms with Crippen LogP contribution in [0, 0.1) is 5.92 Å². The first kappa shape index (κ1) is 14.2. The van der Waals surface area contributed by atoms with Gasteiger partial charge >= 0.3 is 0 Å². The molecule has 2 aliphatic heterocycles. The molecule has 0 saturated carbocycles. The number of aromatic nitrogens is 3. The van der Waals surface area contributed by atoms with Crippen LogP contribution in [0.25, 0.3) is 11.2 Å². The zero-order valence-corrected chi connectivity index (χ0v) is 13.0. The topological polar surface area (TPSA) is 52.0 Å². The monoisotopic (exact) mass is 300 g/mol. The lowest BCUT2D eigenvalue weighted by Gasteiger charge is -2.27. The number of imidazole rings is 1. The van der Waals surface area contributed by atoms with Gasteiger partial charge in [-0.1, -0.05) is 0 Å². The Morgan fingerprint density at radius 3 is 3.09 bits per heavy atom. The summed E-state index contributed by atoms with van der Waals surface area (Å²) < 4.78 is 8.29. The van der Waals surface area contributed by atoms with Crippen molar-refractivity contribution in [2.24, 2.45) is 5.92 Å². The number of fused-ring (bicyclic) bond motifs is 1. The van der Waals surface area contributed by atoms with Crippen molar-refractivity contribution in [1.29, 1.82) is 0 Å². The molecule has 2 aliphatic rings. The molecule has 1 N–H and O–H groups in total. The Bertz CT molecular complexity index is 627. The highest BCUT2D eigenvalue weighted by Gasteiger charge is 2.25. The molecule has 0 bridgehead atoms. The zero-order valence-electron chi connectivity index (χ0n) is 13.0. The maximum absolute atomic E-state index is 6.03. The first-order chi connectivity index (χ1) is 10.9. The van der Waals surface area contributed by atoms with Crippen LogP contribution in [0.4, 0.5) is 0 Å². The van der Waals surface area contributed by atoms with Crippen LogP contribution in [-0.4, -0.2) is 34.2 Å². The predicted molar refractivity (Wildman–Crippen MR) is 85.7 cm³/mol. The van der Waals surface area contributed by atoms with E-state index in [1.54, 1.807) is 0 Å². The average molecular weight is 300 g/mol. The molecule has 2 fully saturated rings. The van der Waals surface area contributed by atoms with Crippen LogP contribution in [0.1, 0.15) is 44.2 Å². The summed E-state index contributed by atoms with van der Waals surface area (Å²) in [6, 6.07) is 4.03. The minimum absolute atomic E-state index is 0.111. The van der Waals surface area contributed by atoms with Crippen molar-refractivity contribution >= 4 is 11.2 Å². The molecule has 5 heteroatoms. The van der Waals surface area contributed by atoms with E-state index in [2.05, 4.69) is 20.9 Å². The molecular formula is C17H24N4O. The smallest absolute Gasteiger partial charge is 0.162 e. The molecular weight excluding hydrogens is 276 g/mol. The number of rotatable bonds is 3. The van der Waals surface area contributed by atoms with Crippen molar-refractivity contribution in [2.75, 3.05) is 19.7 Å². The molecule has 2 atom stereocenters. The summed E-state index contributed by atoms with van der Waals surface area (Å²) in [6.45, 7) is 3.10. The summed E-state index contributed by atoms with van der Waals surface area (Å²) in [5.41, 5.74) is 1.98. The van der Waals surface area contributed by atoms with Crippen LogP contribution < -0.4 is 5.32 Å². The third-order valence-electron chi connectivity index (χ3n) is 4.84. The fourth-order valence-corrected chi connectivity index (χ4v) is 3.71. The van der Waals surface area contributed by atoms with E-state index in [1.807, 2.05) is 12.3 Å². The largest absolute Gasteiger partial charge is 0.358 e. The van der Waals surface area contributed by atoms with Gasteiger partial charge in [0.1, 0.15) is 17.6 Å². The summed E-state index contributed by atoms with van der Waals surface area (Å²) in [5, 5.41) is 3.50. The molecule has 2 aromatic rings. The zero-order chi connectivity index (χ0) is 14.8. The Balaban J connectivity index is 1.68. The van der Waals surface area contributed by atoms with Gasteiger partial charge in [-0.05, 0) is 63.2 Å². The SMILES string of the molecule is c1cnc2c(c1)nc(CC1CCCNC1)n2C1CCCCO1. The van der Waals surface area contributed by atoms with Crippen LogP contribution in [0.3, 0.4) is 0 Å². The van der Waals surface area contributed by atoms with Gasteiger partial charge in [0.2, 0.25) is 0 Å². The molecule has 22 heavy (non-hydrogen) atoms. The molecule has 0 amide bonds. The third-order valence-corrected chi connectivity index (χ3v) is 4.84. The van der Waals surface area contributed by atoms with Crippen LogP contribution in [0.5, 0.6) is 0 Å². The van der Waals surface area contributed by atoms with Gasteiger partial charge in [-0.25, -0.2) is 9.97 Å². The summed E-state index contributed by atoms with van der Waals surface area (Å²) in [4.78, 5) is 9.45. The molecule has 0 aromatic carbocycles. The molecule has 0 radical (unpaired) electrons. The standard InChI is InChI=1S/C17H24N4O/c1-2-10-22-16(7-1)21-15(11-13-5-3-8-18-12-13)20-14-6-4-9-19-17(14)21/h4,6,9,13,16,18H,1-3,5,7-8,10-12H2. The Labute approximate surface area is 131 Å². The third kappa shape index (κ3) is 2.75. The quantitative estimate of drug-likeness (QED) is 0.947. The molecule has 2 saturated heterocycles. The van der Waals surface area contributed by atoms with Crippen molar-refractivity contribution in [1.82, 2.24) is 19.9 Å². The Morgan fingerprint density at radius 1 is 1.27 bits per heavy atom. The first-order valence-electron chi connectivity index (χ1n) is 8.56. The van der Waals surface area contributed by atoms with Crippen molar-refractivity contribution < 1.29 is 4.74 Å². The number of ether oxygens (including phenoxy) is 1. The Morgan fingerprint density at radius 2 is 2.27 bits per heavy atom. The van der Waals surface area contributed by atoms with Crippen LogP contribution in [-0.2, 0) is 11.2 Å². The summed E-state index contributed by atoms with van der Waals surface area (Å²) in [7, 11) is 0. The highest BCUT2D eigenvalue weighted by Crippen LogP contribution is 2.29. The second kappa shape index (κ2) is 6.34. The van der Waals surface area contributed by atoms with E-state index < -0.39 is 0 Å². The minimum atomic E-state index is 0.111. The maximum atomic E-state index is 6.03. The van der Waals surface area contributed by atoms with Gasteiger partial charge < -0.3 is 10.1 Å². The van der Waals surface area contributed by atoms with Gasteiger partial charge in [-0.2, -0.15) is 0 Å². The van der Waals surface area contributed by atoms with E-state index in [0.29, 0.717) is 5.92 Å².